The van der Waals surface area contributed by atoms with Crippen molar-refractivity contribution in [2.75, 3.05) is 39.0 Å². The van der Waals surface area contributed by atoms with Crippen molar-refractivity contribution in [3.05, 3.63) is 16.1 Å². The molecule has 2 heterocycles. The topological polar surface area (TPSA) is 71.5 Å². The second kappa shape index (κ2) is 6.95. The van der Waals surface area contributed by atoms with Crippen LogP contribution in [0.4, 0.5) is 0 Å². The highest BCUT2D eigenvalue weighted by Crippen LogP contribution is 2.25. The van der Waals surface area contributed by atoms with Crippen LogP contribution in [-0.4, -0.2) is 57.3 Å². The minimum atomic E-state index is -3.08. The number of hydrogen-bond donors (Lipinski definition) is 1. The van der Waals surface area contributed by atoms with Crippen LogP contribution in [0.25, 0.3) is 0 Å². The molecule has 1 aromatic rings. The Morgan fingerprint density at radius 2 is 2.40 bits per heavy atom. The van der Waals surface area contributed by atoms with Gasteiger partial charge in [0.25, 0.3) is 0 Å². The Balaban J connectivity index is 1.76. The van der Waals surface area contributed by atoms with Gasteiger partial charge in [-0.05, 0) is 19.9 Å². The van der Waals surface area contributed by atoms with Gasteiger partial charge in [-0.3, -0.25) is 4.90 Å². The first kappa shape index (κ1) is 15.8. The van der Waals surface area contributed by atoms with Crippen LogP contribution in [0.1, 0.15) is 23.2 Å². The Morgan fingerprint density at radius 3 is 3.05 bits per heavy atom. The van der Waals surface area contributed by atoms with Gasteiger partial charge in [0.15, 0.2) is 0 Å². The van der Waals surface area contributed by atoms with Crippen molar-refractivity contribution in [1.29, 1.82) is 0 Å². The van der Waals surface area contributed by atoms with E-state index in [1.807, 2.05) is 12.3 Å². The maximum absolute atomic E-state index is 11.0. The number of morpholine rings is 1. The van der Waals surface area contributed by atoms with E-state index in [9.17, 15) is 8.42 Å². The average molecular weight is 319 g/mol. The third kappa shape index (κ3) is 5.10. The van der Waals surface area contributed by atoms with Gasteiger partial charge < -0.3 is 4.74 Å². The first-order valence-electron chi connectivity index (χ1n) is 6.64. The molecule has 1 atom stereocenters. The molecule has 1 aromatic heterocycles. The highest BCUT2D eigenvalue weighted by Gasteiger charge is 2.23. The van der Waals surface area contributed by atoms with Crippen molar-refractivity contribution < 1.29 is 13.2 Å². The minimum Gasteiger partial charge on any atom is -0.368 e. The summed E-state index contributed by atoms with van der Waals surface area (Å²) in [4.78, 5) is 6.77. The molecule has 0 aromatic carbocycles. The van der Waals surface area contributed by atoms with Crippen LogP contribution in [0.2, 0.25) is 0 Å². The molecule has 0 aliphatic carbocycles. The maximum atomic E-state index is 11.0. The van der Waals surface area contributed by atoms with Crippen LogP contribution in [0.3, 0.4) is 0 Å². The monoisotopic (exact) mass is 319 g/mol. The number of ether oxygens (including phenoxy) is 1. The van der Waals surface area contributed by atoms with E-state index in [2.05, 4.69) is 14.6 Å². The second-order valence-corrected chi connectivity index (χ2v) is 7.73. The average Bonchev–Trinajstić information content (AvgIpc) is 2.81. The summed E-state index contributed by atoms with van der Waals surface area (Å²) in [7, 11) is -3.08. The molecular weight excluding hydrogens is 298 g/mol. The molecule has 114 valence electrons. The number of sulfonamides is 1. The standard InChI is InChI=1S/C12H21N3O3S2/c1-10-9-19-12(14-10)11-8-15(6-7-18-11)5-3-4-13-20(2,16)17/h9,11,13H,3-8H2,1-2H3/t11-/m0/s1. The largest absolute Gasteiger partial charge is 0.368 e. The number of hydrogen-bond acceptors (Lipinski definition) is 6. The first-order valence-corrected chi connectivity index (χ1v) is 9.42. The van der Waals surface area contributed by atoms with Crippen molar-refractivity contribution in [2.24, 2.45) is 0 Å². The zero-order valence-electron chi connectivity index (χ0n) is 11.8. The maximum Gasteiger partial charge on any atom is 0.208 e. The third-order valence-corrected chi connectivity index (χ3v) is 4.86. The van der Waals surface area contributed by atoms with Crippen molar-refractivity contribution in [1.82, 2.24) is 14.6 Å². The van der Waals surface area contributed by atoms with E-state index in [1.54, 1.807) is 11.3 Å². The predicted octanol–water partition coefficient (Wildman–Crippen LogP) is 0.764. The number of thiazole rings is 1. The van der Waals surface area contributed by atoms with E-state index >= 15 is 0 Å². The van der Waals surface area contributed by atoms with E-state index in [-0.39, 0.29) is 6.10 Å². The Hall–Kier alpha value is -0.540. The number of nitrogens with one attached hydrogen (secondary N) is 1. The van der Waals surface area contributed by atoms with Gasteiger partial charge in [-0.15, -0.1) is 11.3 Å². The molecule has 0 saturated carbocycles. The summed E-state index contributed by atoms with van der Waals surface area (Å²) in [6, 6.07) is 0. The summed E-state index contributed by atoms with van der Waals surface area (Å²) in [5, 5.41) is 3.06. The smallest absolute Gasteiger partial charge is 0.208 e. The van der Waals surface area contributed by atoms with Crippen LogP contribution < -0.4 is 4.72 Å². The molecule has 6 nitrogen and oxygen atoms in total. The molecule has 1 saturated heterocycles. The predicted molar refractivity (Wildman–Crippen MR) is 79.4 cm³/mol. The summed E-state index contributed by atoms with van der Waals surface area (Å²) in [5.41, 5.74) is 1.03. The Kier molecular flexibility index (Phi) is 5.50. The SMILES string of the molecule is Cc1csc([C@@H]2CN(CCCNS(C)(=O)=O)CCO2)n1. The summed E-state index contributed by atoms with van der Waals surface area (Å²) < 4.78 is 30.2. The molecule has 1 aliphatic rings. The van der Waals surface area contributed by atoms with Crippen LogP contribution in [0.15, 0.2) is 5.38 Å². The summed E-state index contributed by atoms with van der Waals surface area (Å²) in [6.07, 6.45) is 2.03. The number of aromatic nitrogens is 1. The van der Waals surface area contributed by atoms with Crippen LogP contribution in [0, 0.1) is 6.92 Å². The quantitative estimate of drug-likeness (QED) is 0.784. The van der Waals surface area contributed by atoms with Gasteiger partial charge >= 0.3 is 0 Å². The fourth-order valence-electron chi connectivity index (χ4n) is 2.14. The molecule has 1 fully saturated rings. The first-order chi connectivity index (χ1) is 9.44. The third-order valence-electron chi connectivity index (χ3n) is 3.08. The van der Waals surface area contributed by atoms with E-state index in [4.69, 9.17) is 4.74 Å². The van der Waals surface area contributed by atoms with E-state index in [0.717, 1.165) is 36.8 Å². The molecule has 1 N–H and O–H groups in total. The second-order valence-electron chi connectivity index (χ2n) is 5.01. The van der Waals surface area contributed by atoms with Crippen molar-refractivity contribution in [3.63, 3.8) is 0 Å². The zero-order chi connectivity index (χ0) is 14.6. The highest BCUT2D eigenvalue weighted by molar-refractivity contribution is 7.88. The van der Waals surface area contributed by atoms with Crippen molar-refractivity contribution in [2.45, 2.75) is 19.4 Å². The zero-order valence-corrected chi connectivity index (χ0v) is 13.5. The van der Waals surface area contributed by atoms with E-state index in [1.165, 1.54) is 6.26 Å². The van der Waals surface area contributed by atoms with Crippen LogP contribution in [0.5, 0.6) is 0 Å². The lowest BCUT2D eigenvalue weighted by molar-refractivity contribution is -0.0302. The fraction of sp³-hybridized carbons (Fsp3) is 0.750. The van der Waals surface area contributed by atoms with Gasteiger partial charge in [-0.25, -0.2) is 18.1 Å². The summed E-state index contributed by atoms with van der Waals surface area (Å²) in [5.74, 6) is 0. The molecule has 0 amide bonds. The number of rotatable bonds is 6. The molecule has 2 rings (SSSR count). The molecule has 1 aliphatic heterocycles. The van der Waals surface area contributed by atoms with E-state index in [0.29, 0.717) is 13.2 Å². The Bertz CT molecular complexity index is 530. The number of aryl methyl sites for hydroxylation is 1. The normalized spacial score (nSPS) is 21.2. The van der Waals surface area contributed by atoms with Gasteiger partial charge in [0, 0.05) is 30.7 Å². The van der Waals surface area contributed by atoms with Gasteiger partial charge in [-0.1, -0.05) is 0 Å². The highest BCUT2D eigenvalue weighted by atomic mass is 32.2. The fourth-order valence-corrected chi connectivity index (χ4v) is 3.49. The molecule has 0 bridgehead atoms. The minimum absolute atomic E-state index is 0.0466. The lowest BCUT2D eigenvalue weighted by Crippen LogP contribution is -2.39. The van der Waals surface area contributed by atoms with Gasteiger partial charge in [-0.2, -0.15) is 0 Å². The Morgan fingerprint density at radius 1 is 1.60 bits per heavy atom. The van der Waals surface area contributed by atoms with Gasteiger partial charge in [0.2, 0.25) is 10.0 Å². The van der Waals surface area contributed by atoms with Crippen molar-refractivity contribution >= 4 is 21.4 Å². The Labute approximate surface area is 124 Å². The lowest BCUT2D eigenvalue weighted by Gasteiger charge is -2.31. The van der Waals surface area contributed by atoms with Crippen LogP contribution >= 0.6 is 11.3 Å². The molecule has 0 unspecified atom stereocenters. The summed E-state index contributed by atoms with van der Waals surface area (Å²) >= 11 is 1.64. The van der Waals surface area contributed by atoms with Crippen molar-refractivity contribution in [3.8, 4) is 0 Å². The number of nitrogens with zero attached hydrogens (tertiary/aromatic N) is 2. The molecule has 0 radical (unpaired) electrons. The lowest BCUT2D eigenvalue weighted by atomic mass is 10.2. The van der Waals surface area contributed by atoms with Crippen LogP contribution in [-0.2, 0) is 14.8 Å². The molecule has 0 spiro atoms. The molecular formula is C12H21N3O3S2. The summed E-state index contributed by atoms with van der Waals surface area (Å²) in [6.45, 7) is 5.75. The van der Waals surface area contributed by atoms with E-state index < -0.39 is 10.0 Å². The van der Waals surface area contributed by atoms with Gasteiger partial charge in [0.1, 0.15) is 11.1 Å². The molecule has 8 heteroatoms. The molecule has 20 heavy (non-hydrogen) atoms. The van der Waals surface area contributed by atoms with Gasteiger partial charge in [0.05, 0.1) is 12.9 Å².